The van der Waals surface area contributed by atoms with Gasteiger partial charge in [-0.15, -0.1) is 0 Å². The van der Waals surface area contributed by atoms with Crippen LogP contribution in [0.3, 0.4) is 0 Å². The van der Waals surface area contributed by atoms with Crippen LogP contribution in [0.2, 0.25) is 10.0 Å². The average Bonchev–Trinajstić information content (AvgIpc) is 2.36. The molecule has 0 aliphatic rings. The normalized spacial score (nSPS) is 10.4. The first-order chi connectivity index (χ1) is 8.50. The Balaban J connectivity index is 2.46. The van der Waals surface area contributed by atoms with Crippen molar-refractivity contribution in [2.24, 2.45) is 0 Å². The summed E-state index contributed by atoms with van der Waals surface area (Å²) in [6.07, 6.45) is 1.33. The van der Waals surface area contributed by atoms with Crippen molar-refractivity contribution in [1.82, 2.24) is 4.98 Å². The fourth-order valence-corrected chi connectivity index (χ4v) is 1.93. The van der Waals surface area contributed by atoms with Gasteiger partial charge in [0.15, 0.2) is 5.82 Å². The predicted octanol–water partition coefficient (Wildman–Crippen LogP) is 4.52. The van der Waals surface area contributed by atoms with E-state index in [2.05, 4.69) is 20.9 Å². The maximum atomic E-state index is 13.8. The molecule has 2 rings (SSSR count). The van der Waals surface area contributed by atoms with Crippen LogP contribution in [0.4, 0.5) is 4.39 Å². The van der Waals surface area contributed by atoms with Gasteiger partial charge >= 0.3 is 0 Å². The van der Waals surface area contributed by atoms with Crippen LogP contribution in [0, 0.1) is 5.82 Å². The van der Waals surface area contributed by atoms with Gasteiger partial charge in [0.1, 0.15) is 5.69 Å². The number of hydrogen-bond donors (Lipinski definition) is 0. The molecule has 18 heavy (non-hydrogen) atoms. The smallest absolute Gasteiger partial charge is 0.214 e. The summed E-state index contributed by atoms with van der Waals surface area (Å²) in [6.45, 7) is 0. The Morgan fingerprint density at radius 3 is 2.56 bits per heavy atom. The Kier molecular flexibility index (Phi) is 4.00. The predicted molar refractivity (Wildman–Crippen MR) is 71.8 cm³/mol. The maximum absolute atomic E-state index is 13.8. The van der Waals surface area contributed by atoms with Crippen LogP contribution in [-0.2, 0) is 0 Å². The maximum Gasteiger partial charge on any atom is 0.214 e. The molecule has 92 valence electrons. The third-order valence-electron chi connectivity index (χ3n) is 2.24. The minimum Gasteiger partial charge on any atom is -0.287 e. The minimum atomic E-state index is -0.771. The summed E-state index contributed by atoms with van der Waals surface area (Å²) in [7, 11) is 0. The van der Waals surface area contributed by atoms with Crippen molar-refractivity contribution in [3.8, 4) is 0 Å². The van der Waals surface area contributed by atoms with Crippen molar-refractivity contribution >= 4 is 44.9 Å². The standard InChI is InChI=1S/C12H5BrCl2FNO/c13-8-3-2-7(11(16)10(8)15)12(18)9-4-1-6(14)5-17-9/h1-5H. The number of benzene rings is 1. The van der Waals surface area contributed by atoms with E-state index >= 15 is 0 Å². The lowest BCUT2D eigenvalue weighted by Gasteiger charge is -2.05. The third-order valence-corrected chi connectivity index (χ3v) is 3.72. The van der Waals surface area contributed by atoms with Crippen molar-refractivity contribution in [2.45, 2.75) is 0 Å². The van der Waals surface area contributed by atoms with E-state index in [0.717, 1.165) is 0 Å². The van der Waals surface area contributed by atoms with Crippen LogP contribution in [0.15, 0.2) is 34.9 Å². The van der Waals surface area contributed by atoms with E-state index in [1.54, 1.807) is 0 Å². The first kappa shape index (κ1) is 13.5. The summed E-state index contributed by atoms with van der Waals surface area (Å²) < 4.78 is 14.2. The zero-order valence-electron chi connectivity index (χ0n) is 8.75. The number of aromatic nitrogens is 1. The van der Waals surface area contributed by atoms with Crippen LogP contribution < -0.4 is 0 Å². The average molecular weight is 349 g/mol. The summed E-state index contributed by atoms with van der Waals surface area (Å²) >= 11 is 14.5. The van der Waals surface area contributed by atoms with E-state index in [-0.39, 0.29) is 16.3 Å². The molecule has 0 N–H and O–H groups in total. The fraction of sp³-hybridized carbons (Fsp3) is 0. The molecule has 0 aliphatic carbocycles. The molecule has 0 fully saturated rings. The number of rotatable bonds is 2. The largest absolute Gasteiger partial charge is 0.287 e. The van der Waals surface area contributed by atoms with E-state index in [1.165, 1.54) is 30.5 Å². The van der Waals surface area contributed by atoms with Crippen LogP contribution in [-0.4, -0.2) is 10.8 Å². The molecule has 0 atom stereocenters. The number of nitrogens with zero attached hydrogens (tertiary/aromatic N) is 1. The molecule has 2 nitrogen and oxygen atoms in total. The molecule has 1 aromatic carbocycles. The van der Waals surface area contributed by atoms with Gasteiger partial charge < -0.3 is 0 Å². The number of pyridine rings is 1. The van der Waals surface area contributed by atoms with Gasteiger partial charge in [0.25, 0.3) is 0 Å². The lowest BCUT2D eigenvalue weighted by molar-refractivity contribution is 0.103. The van der Waals surface area contributed by atoms with Gasteiger partial charge in [0.05, 0.1) is 15.6 Å². The second kappa shape index (κ2) is 5.34. The van der Waals surface area contributed by atoms with Crippen molar-refractivity contribution in [1.29, 1.82) is 0 Å². The lowest BCUT2D eigenvalue weighted by atomic mass is 10.1. The second-order valence-corrected chi connectivity index (χ2v) is 5.08. The Morgan fingerprint density at radius 1 is 1.22 bits per heavy atom. The molecule has 0 spiro atoms. The molecular weight excluding hydrogens is 344 g/mol. The first-order valence-corrected chi connectivity index (χ1v) is 6.35. The number of carbonyl (C=O) groups is 1. The quantitative estimate of drug-likeness (QED) is 0.590. The zero-order valence-corrected chi connectivity index (χ0v) is 11.9. The molecule has 0 bridgehead atoms. The third kappa shape index (κ3) is 2.55. The summed E-state index contributed by atoms with van der Waals surface area (Å²) in [5.74, 6) is -1.31. The minimum absolute atomic E-state index is 0.108. The van der Waals surface area contributed by atoms with E-state index < -0.39 is 11.6 Å². The highest BCUT2D eigenvalue weighted by Crippen LogP contribution is 2.28. The van der Waals surface area contributed by atoms with E-state index in [9.17, 15) is 9.18 Å². The van der Waals surface area contributed by atoms with Crippen molar-refractivity contribution in [3.05, 3.63) is 62.1 Å². The molecule has 0 saturated heterocycles. The summed E-state index contributed by atoms with van der Waals surface area (Å²) in [5, 5.41) is 0.274. The first-order valence-electron chi connectivity index (χ1n) is 4.80. The van der Waals surface area contributed by atoms with Crippen LogP contribution >= 0.6 is 39.1 Å². The van der Waals surface area contributed by atoms with E-state index in [0.29, 0.717) is 9.50 Å². The highest BCUT2D eigenvalue weighted by atomic mass is 79.9. The molecule has 0 amide bonds. The Morgan fingerprint density at radius 2 is 1.94 bits per heavy atom. The van der Waals surface area contributed by atoms with Gasteiger partial charge in [-0.3, -0.25) is 9.78 Å². The van der Waals surface area contributed by atoms with Crippen molar-refractivity contribution < 1.29 is 9.18 Å². The fourth-order valence-electron chi connectivity index (χ4n) is 1.35. The van der Waals surface area contributed by atoms with Gasteiger partial charge in [0.2, 0.25) is 5.78 Å². The zero-order chi connectivity index (χ0) is 13.3. The molecule has 0 radical (unpaired) electrons. The van der Waals surface area contributed by atoms with Gasteiger partial charge in [0, 0.05) is 10.7 Å². The monoisotopic (exact) mass is 347 g/mol. The highest BCUT2D eigenvalue weighted by molar-refractivity contribution is 9.10. The van der Waals surface area contributed by atoms with Crippen LogP contribution in [0.25, 0.3) is 0 Å². The summed E-state index contributed by atoms with van der Waals surface area (Å²) in [4.78, 5) is 15.9. The van der Waals surface area contributed by atoms with Crippen LogP contribution in [0.1, 0.15) is 16.1 Å². The lowest BCUT2D eigenvalue weighted by Crippen LogP contribution is -2.06. The van der Waals surface area contributed by atoms with Gasteiger partial charge in [-0.05, 0) is 40.2 Å². The Labute approximate surface area is 121 Å². The Hall–Kier alpha value is -0.970. The second-order valence-electron chi connectivity index (χ2n) is 3.41. The topological polar surface area (TPSA) is 30.0 Å². The van der Waals surface area contributed by atoms with Gasteiger partial charge in [-0.2, -0.15) is 0 Å². The molecular formula is C12H5BrCl2FNO. The van der Waals surface area contributed by atoms with E-state index in [1.807, 2.05) is 0 Å². The van der Waals surface area contributed by atoms with E-state index in [4.69, 9.17) is 23.2 Å². The number of ketones is 1. The Bertz CT molecular complexity index is 616. The number of carbonyl (C=O) groups excluding carboxylic acids is 1. The SMILES string of the molecule is O=C(c1ccc(Cl)cn1)c1ccc(Br)c(Cl)c1F. The van der Waals surface area contributed by atoms with Crippen LogP contribution in [0.5, 0.6) is 0 Å². The highest BCUT2D eigenvalue weighted by Gasteiger charge is 2.18. The molecule has 2 aromatic rings. The van der Waals surface area contributed by atoms with Gasteiger partial charge in [-0.1, -0.05) is 23.2 Å². The molecule has 0 aliphatic heterocycles. The van der Waals surface area contributed by atoms with Crippen molar-refractivity contribution in [2.75, 3.05) is 0 Å². The van der Waals surface area contributed by atoms with Gasteiger partial charge in [-0.25, -0.2) is 4.39 Å². The molecule has 0 saturated carbocycles. The molecule has 0 unspecified atom stereocenters. The molecule has 1 aromatic heterocycles. The molecule has 6 heteroatoms. The summed E-state index contributed by atoms with van der Waals surface area (Å²) in [5.41, 5.74) is -0.0188. The summed E-state index contributed by atoms with van der Waals surface area (Å²) in [6, 6.07) is 5.80. The number of hydrogen-bond acceptors (Lipinski definition) is 2. The van der Waals surface area contributed by atoms with Crippen molar-refractivity contribution in [3.63, 3.8) is 0 Å². The molecule has 1 heterocycles. The number of halogens is 4.